The lowest BCUT2D eigenvalue weighted by molar-refractivity contribution is -0.300. The fourth-order valence-corrected chi connectivity index (χ4v) is 1.46. The summed E-state index contributed by atoms with van der Waals surface area (Å²) in [6, 6.07) is 0. The summed E-state index contributed by atoms with van der Waals surface area (Å²) in [5, 5.41) is 40.5. The second-order valence-corrected chi connectivity index (χ2v) is 3.52. The van der Waals surface area contributed by atoms with E-state index in [9.17, 15) is 15.3 Å². The molecule has 0 aromatic rings. The van der Waals surface area contributed by atoms with Gasteiger partial charge in [-0.3, -0.25) is 0 Å². The molecule has 9 heteroatoms. The van der Waals surface area contributed by atoms with Crippen LogP contribution in [0.1, 0.15) is 0 Å². The molecule has 0 aromatic heterocycles. The lowest BCUT2D eigenvalue weighted by Crippen LogP contribution is -2.59. The first kappa shape index (κ1) is 14.1. The topological polar surface area (TPSA) is 148 Å². The van der Waals surface area contributed by atoms with Crippen molar-refractivity contribution in [2.75, 3.05) is 19.8 Å². The molecule has 1 rings (SSSR count). The predicted molar refractivity (Wildman–Crippen MR) is 53.7 cm³/mol. The second-order valence-electron chi connectivity index (χ2n) is 3.52. The van der Waals surface area contributed by atoms with E-state index >= 15 is 0 Å². The van der Waals surface area contributed by atoms with Crippen molar-refractivity contribution >= 4 is 0 Å². The third kappa shape index (κ3) is 3.51. The van der Waals surface area contributed by atoms with Gasteiger partial charge >= 0.3 is 0 Å². The number of aliphatic hydroxyl groups is 4. The van der Waals surface area contributed by atoms with E-state index in [1.807, 2.05) is 0 Å². The molecule has 0 aliphatic carbocycles. The van der Waals surface area contributed by atoms with Crippen LogP contribution in [0.3, 0.4) is 0 Å². The quantitative estimate of drug-likeness (QED) is 0.194. The Kier molecular flexibility index (Phi) is 5.59. The number of rotatable bonds is 5. The van der Waals surface area contributed by atoms with Gasteiger partial charge in [0.1, 0.15) is 24.4 Å². The second kappa shape index (κ2) is 6.72. The molecule has 5 atom stereocenters. The van der Waals surface area contributed by atoms with Gasteiger partial charge in [0, 0.05) is 11.5 Å². The third-order valence-electron chi connectivity index (χ3n) is 2.39. The molecule has 98 valence electrons. The van der Waals surface area contributed by atoms with Gasteiger partial charge in [0.2, 0.25) is 0 Å². The Balaban J connectivity index is 2.50. The molecule has 2 unspecified atom stereocenters. The van der Waals surface area contributed by atoms with E-state index in [1.54, 1.807) is 0 Å². The average Bonchev–Trinajstić information content (AvgIpc) is 2.34. The first-order valence-corrected chi connectivity index (χ1v) is 5.04. The molecule has 1 aliphatic rings. The van der Waals surface area contributed by atoms with Crippen LogP contribution in [0.2, 0.25) is 0 Å². The molecule has 1 aliphatic heterocycles. The normalized spacial score (nSPS) is 37.5. The largest absolute Gasteiger partial charge is 0.394 e. The molecule has 0 spiro atoms. The first-order chi connectivity index (χ1) is 8.11. The molecule has 9 nitrogen and oxygen atoms in total. The summed E-state index contributed by atoms with van der Waals surface area (Å²) in [6.07, 6.45) is -6.49. The molecule has 1 fully saturated rings. The summed E-state index contributed by atoms with van der Waals surface area (Å²) in [5.41, 5.74) is 8.03. The summed E-state index contributed by atoms with van der Waals surface area (Å²) >= 11 is 0. The lowest BCUT2D eigenvalue weighted by Gasteiger charge is -2.39. The van der Waals surface area contributed by atoms with Gasteiger partial charge in [0.25, 0.3) is 0 Å². The summed E-state index contributed by atoms with van der Waals surface area (Å²) in [4.78, 5) is 2.51. The van der Waals surface area contributed by atoms with Crippen LogP contribution >= 0.6 is 0 Å². The number of hydrogen-bond donors (Lipinski definition) is 4. The van der Waals surface area contributed by atoms with E-state index in [0.717, 1.165) is 0 Å². The minimum absolute atomic E-state index is 0.00719. The highest BCUT2D eigenvalue weighted by atomic mass is 16.7. The first-order valence-electron chi connectivity index (χ1n) is 5.04. The molecule has 0 aromatic carbocycles. The van der Waals surface area contributed by atoms with Gasteiger partial charge in [-0.15, -0.1) is 0 Å². The standard InChI is InChI=1S/C8H15N3O6/c9-11-10-1-2-16-8-7(15)6(14)5(13)4(3-12)17-8/h4-8,12-15H,1-3H2/t4?,5-,6?,7-,8+/m0/s1. The van der Waals surface area contributed by atoms with Crippen molar-refractivity contribution in [2.24, 2.45) is 5.11 Å². The van der Waals surface area contributed by atoms with Crippen molar-refractivity contribution in [3.63, 3.8) is 0 Å². The Bertz CT molecular complexity index is 282. The van der Waals surface area contributed by atoms with Gasteiger partial charge in [0.05, 0.1) is 13.2 Å². The molecule has 17 heavy (non-hydrogen) atoms. The van der Waals surface area contributed by atoms with Crippen molar-refractivity contribution in [1.82, 2.24) is 0 Å². The van der Waals surface area contributed by atoms with E-state index in [2.05, 4.69) is 10.0 Å². The molecular formula is C8H15N3O6. The summed E-state index contributed by atoms with van der Waals surface area (Å²) in [5.74, 6) is 0. The van der Waals surface area contributed by atoms with E-state index in [4.69, 9.17) is 20.1 Å². The maximum absolute atomic E-state index is 9.53. The lowest BCUT2D eigenvalue weighted by atomic mass is 9.99. The Labute approximate surface area is 96.8 Å². The zero-order chi connectivity index (χ0) is 12.8. The van der Waals surface area contributed by atoms with Crippen molar-refractivity contribution < 1.29 is 29.9 Å². The zero-order valence-electron chi connectivity index (χ0n) is 8.96. The number of aliphatic hydroxyl groups excluding tert-OH is 4. The van der Waals surface area contributed by atoms with Crippen molar-refractivity contribution in [3.05, 3.63) is 10.4 Å². The van der Waals surface area contributed by atoms with Crippen LogP contribution in [0.25, 0.3) is 10.4 Å². The fourth-order valence-electron chi connectivity index (χ4n) is 1.46. The minimum atomic E-state index is -1.47. The summed E-state index contributed by atoms with van der Waals surface area (Å²) in [6.45, 7) is -0.473. The van der Waals surface area contributed by atoms with Crippen LogP contribution in [-0.2, 0) is 9.47 Å². The summed E-state index contributed by atoms with van der Waals surface area (Å²) < 4.78 is 10.1. The maximum atomic E-state index is 9.53. The predicted octanol–water partition coefficient (Wildman–Crippen LogP) is -1.89. The van der Waals surface area contributed by atoms with Gasteiger partial charge in [-0.25, -0.2) is 0 Å². The van der Waals surface area contributed by atoms with Crippen LogP contribution in [-0.4, -0.2) is 70.9 Å². The van der Waals surface area contributed by atoms with Crippen molar-refractivity contribution in [1.29, 1.82) is 0 Å². The maximum Gasteiger partial charge on any atom is 0.186 e. The number of nitrogens with zero attached hydrogens (tertiary/aromatic N) is 3. The minimum Gasteiger partial charge on any atom is -0.394 e. The molecule has 0 radical (unpaired) electrons. The Morgan fingerprint density at radius 2 is 1.94 bits per heavy atom. The molecule has 0 saturated carbocycles. The Morgan fingerprint density at radius 3 is 2.53 bits per heavy atom. The van der Waals surface area contributed by atoms with Gasteiger partial charge in [-0.05, 0) is 5.53 Å². The molecule has 0 amide bonds. The Morgan fingerprint density at radius 1 is 1.24 bits per heavy atom. The van der Waals surface area contributed by atoms with Gasteiger partial charge in [-0.2, -0.15) is 0 Å². The van der Waals surface area contributed by atoms with Crippen LogP contribution in [0.15, 0.2) is 5.11 Å². The smallest absolute Gasteiger partial charge is 0.186 e. The zero-order valence-corrected chi connectivity index (χ0v) is 8.96. The average molecular weight is 249 g/mol. The molecule has 1 saturated heterocycles. The van der Waals surface area contributed by atoms with E-state index in [-0.39, 0.29) is 13.2 Å². The van der Waals surface area contributed by atoms with Gasteiger partial charge < -0.3 is 29.9 Å². The van der Waals surface area contributed by atoms with Gasteiger partial charge in [-0.1, -0.05) is 5.11 Å². The van der Waals surface area contributed by atoms with E-state index in [0.29, 0.717) is 0 Å². The van der Waals surface area contributed by atoms with Crippen LogP contribution in [0.4, 0.5) is 0 Å². The summed E-state index contributed by atoms with van der Waals surface area (Å²) in [7, 11) is 0. The number of hydrogen-bond acceptors (Lipinski definition) is 7. The highest BCUT2D eigenvalue weighted by Crippen LogP contribution is 2.21. The van der Waals surface area contributed by atoms with E-state index in [1.165, 1.54) is 0 Å². The third-order valence-corrected chi connectivity index (χ3v) is 2.39. The van der Waals surface area contributed by atoms with Crippen LogP contribution < -0.4 is 0 Å². The number of azide groups is 1. The number of ether oxygens (including phenoxy) is 2. The molecule has 0 bridgehead atoms. The monoisotopic (exact) mass is 249 g/mol. The molecule has 1 heterocycles. The van der Waals surface area contributed by atoms with Crippen LogP contribution in [0, 0.1) is 0 Å². The SMILES string of the molecule is [N-]=[N+]=NCCO[C@@H]1OC(CO)[C@H](O)C(O)[C@@H]1O. The van der Waals surface area contributed by atoms with Gasteiger partial charge in [0.15, 0.2) is 6.29 Å². The van der Waals surface area contributed by atoms with Crippen LogP contribution in [0.5, 0.6) is 0 Å². The van der Waals surface area contributed by atoms with Crippen molar-refractivity contribution in [2.45, 2.75) is 30.7 Å². The fraction of sp³-hybridized carbons (Fsp3) is 1.00. The van der Waals surface area contributed by atoms with E-state index < -0.39 is 37.3 Å². The highest BCUT2D eigenvalue weighted by molar-refractivity contribution is 4.88. The molecule has 4 N–H and O–H groups in total. The Hall–Kier alpha value is -0.930. The highest BCUT2D eigenvalue weighted by Gasteiger charge is 2.43. The molecular weight excluding hydrogens is 234 g/mol. The van der Waals surface area contributed by atoms with Crippen molar-refractivity contribution in [3.8, 4) is 0 Å².